The number of halogens is 2. The van der Waals surface area contributed by atoms with E-state index >= 15 is 0 Å². The Morgan fingerprint density at radius 2 is 1.00 bits per heavy atom. The average molecular weight is 903 g/mol. The molecule has 0 amide bonds. The van der Waals surface area contributed by atoms with Crippen LogP contribution in [-0.2, 0) is 15.9 Å². The van der Waals surface area contributed by atoms with Crippen molar-refractivity contribution >= 4 is 62.0 Å². The quantitative estimate of drug-likeness (QED) is 0.0987. The molecule has 0 unspecified atom stereocenters. The summed E-state index contributed by atoms with van der Waals surface area (Å²) in [6, 6.07) is 58.8. The van der Waals surface area contributed by atoms with E-state index in [0.29, 0.717) is 6.10 Å². The molecule has 2 saturated heterocycles. The zero-order valence-electron chi connectivity index (χ0n) is 34.3. The minimum atomic E-state index is -0.224. The third-order valence-corrected chi connectivity index (χ3v) is 8.99. The van der Waals surface area contributed by atoms with Gasteiger partial charge in [-0.05, 0) is 77.6 Å². The standard InChI is InChI=1S/C16H18O.C12H9Br.C12H9.2C4H8O.CH4.BrH.2Mg.2H/c1-2-16(17)12-13-8-10-15(11-9-13)14-6-4-3-5-7-14;13-12-8-6-11(7-9-12)10-4-2-1-3-5-10;1-3-7-11(8-4-1)12-9-5-2-6-10-12;1-2-4-3-5-4;1-2-4-5-3-1;;;;;;/h3-11,16-17H,2,12H2,1H3;1-9H;1,3-10H;4H,2-3H2,1H3;1-4H2;1H4;1H;;;;/q;;-1;;;;;2*+2;2*-1/p-1/t16-;;;4-;;;;;;;/m1..1......./s1. The summed E-state index contributed by atoms with van der Waals surface area (Å²) < 4.78 is 10.9. The molecule has 2 atom stereocenters. The number of hydrogen-bond acceptors (Lipinski definition) is 3. The van der Waals surface area contributed by atoms with E-state index in [1.165, 1.54) is 58.2 Å². The molecule has 0 aromatic heterocycles. The number of aliphatic hydroxyl groups excluding tert-OH is 1. The van der Waals surface area contributed by atoms with Gasteiger partial charge in [0.1, 0.15) is 0 Å². The Bertz CT molecular complexity index is 1720. The van der Waals surface area contributed by atoms with E-state index in [4.69, 9.17) is 9.47 Å². The molecule has 0 spiro atoms. The Balaban J connectivity index is -0.000000672. The predicted molar refractivity (Wildman–Crippen MR) is 243 cm³/mol. The van der Waals surface area contributed by atoms with Gasteiger partial charge in [-0.3, -0.25) is 0 Å². The zero-order chi connectivity index (χ0) is 36.6. The van der Waals surface area contributed by atoms with Crippen molar-refractivity contribution in [2.45, 2.75) is 65.6 Å². The average Bonchev–Trinajstić information content (AvgIpc) is 3.88. The van der Waals surface area contributed by atoms with Gasteiger partial charge in [0, 0.05) is 17.7 Å². The van der Waals surface area contributed by atoms with Crippen molar-refractivity contribution in [3.05, 3.63) is 180 Å². The minimum Gasteiger partial charge on any atom is -1.00 e. The second-order valence-electron chi connectivity index (χ2n) is 12.5. The van der Waals surface area contributed by atoms with Crippen LogP contribution in [0.25, 0.3) is 33.4 Å². The number of rotatable bonds is 7. The van der Waals surface area contributed by atoms with Gasteiger partial charge in [-0.25, -0.2) is 0 Å². The normalized spacial score (nSPS) is 13.3. The monoisotopic (exact) mass is 900 g/mol. The van der Waals surface area contributed by atoms with Crippen LogP contribution in [-0.4, -0.2) is 83.2 Å². The van der Waals surface area contributed by atoms with E-state index in [1.807, 2.05) is 61.5 Å². The van der Waals surface area contributed by atoms with Gasteiger partial charge >= 0.3 is 46.1 Å². The first-order valence-electron chi connectivity index (χ1n) is 18.4. The topological polar surface area (TPSA) is 42.0 Å². The molecule has 6 aromatic rings. The van der Waals surface area contributed by atoms with Gasteiger partial charge in [-0.1, -0.05) is 165 Å². The number of hydrogen-bond donors (Lipinski definition) is 1. The summed E-state index contributed by atoms with van der Waals surface area (Å²) in [6.45, 7) is 7.15. The number of aliphatic hydroxyl groups is 1. The van der Waals surface area contributed by atoms with Gasteiger partial charge in [0.2, 0.25) is 0 Å². The van der Waals surface area contributed by atoms with E-state index in [2.05, 4.69) is 138 Å². The van der Waals surface area contributed by atoms with Gasteiger partial charge in [0.15, 0.2) is 0 Å². The van der Waals surface area contributed by atoms with Crippen LogP contribution >= 0.6 is 15.9 Å². The van der Waals surface area contributed by atoms with E-state index in [-0.39, 0.29) is 79.5 Å². The summed E-state index contributed by atoms with van der Waals surface area (Å²) in [4.78, 5) is 0. The Morgan fingerprint density at radius 1 is 0.625 bits per heavy atom. The molecule has 56 heavy (non-hydrogen) atoms. The van der Waals surface area contributed by atoms with Crippen LogP contribution in [0.15, 0.2) is 168 Å². The fourth-order valence-electron chi connectivity index (χ4n) is 5.18. The largest absolute Gasteiger partial charge is 2.00 e. The number of epoxide rings is 1. The fraction of sp³-hybridized carbons (Fsp3) is 0.265. The zero-order valence-corrected chi connectivity index (χ0v) is 38.3. The van der Waals surface area contributed by atoms with Gasteiger partial charge in [-0.15, -0.1) is 5.56 Å². The summed E-state index contributed by atoms with van der Waals surface area (Å²) in [6.07, 6.45) is 5.71. The molecule has 2 aliphatic rings. The van der Waals surface area contributed by atoms with Crippen molar-refractivity contribution in [2.75, 3.05) is 19.8 Å². The van der Waals surface area contributed by atoms with Crippen LogP contribution in [0.2, 0.25) is 0 Å². The number of benzene rings is 6. The molecule has 1 N–H and O–H groups in total. The Morgan fingerprint density at radius 3 is 1.32 bits per heavy atom. The Kier molecular flexibility index (Phi) is 31.3. The summed E-state index contributed by atoms with van der Waals surface area (Å²) in [7, 11) is 0. The summed E-state index contributed by atoms with van der Waals surface area (Å²) >= 11 is 3.42. The Hall–Kier alpha value is -2.31. The van der Waals surface area contributed by atoms with E-state index in [1.54, 1.807) is 0 Å². The molecular formula is C49H58Br2Mg2O3. The van der Waals surface area contributed by atoms with Crippen LogP contribution < -0.4 is 17.0 Å². The fourth-order valence-corrected chi connectivity index (χ4v) is 5.44. The second kappa shape index (κ2) is 32.6. The van der Waals surface area contributed by atoms with Crippen molar-refractivity contribution in [1.29, 1.82) is 0 Å². The van der Waals surface area contributed by atoms with E-state index in [9.17, 15) is 5.11 Å². The molecule has 0 aliphatic carbocycles. The van der Waals surface area contributed by atoms with Crippen LogP contribution in [0.3, 0.4) is 0 Å². The second-order valence-corrected chi connectivity index (χ2v) is 13.5. The third kappa shape index (κ3) is 22.0. The van der Waals surface area contributed by atoms with Crippen LogP contribution in [0, 0.1) is 6.07 Å². The number of ether oxygens (including phenoxy) is 2. The molecule has 2 fully saturated rings. The van der Waals surface area contributed by atoms with Crippen LogP contribution in [0.5, 0.6) is 0 Å². The third-order valence-electron chi connectivity index (χ3n) is 8.47. The predicted octanol–water partition coefficient (Wildman–Crippen LogP) is 9.63. The maximum absolute atomic E-state index is 9.60. The summed E-state index contributed by atoms with van der Waals surface area (Å²) in [5.74, 6) is 0. The van der Waals surface area contributed by atoms with Crippen molar-refractivity contribution in [3.8, 4) is 33.4 Å². The molecule has 0 radical (unpaired) electrons. The van der Waals surface area contributed by atoms with E-state index in [0.717, 1.165) is 37.1 Å². The first-order valence-corrected chi connectivity index (χ1v) is 19.2. The van der Waals surface area contributed by atoms with Gasteiger partial charge in [-0.2, -0.15) is 30.3 Å². The molecule has 290 valence electrons. The SMILES string of the molecule is Brc1ccc(-c2ccccc2)cc1.C.C1CCOC1.CC[C@@H](O)Cc1ccc(-c2ccccc2)cc1.CC[C@@H]1CO1.[Br-].[H-].[H-].[Mg+2].[Mg+2].[c-]1ccc(-c2ccccc2)cc1. The van der Waals surface area contributed by atoms with Crippen LogP contribution in [0.4, 0.5) is 0 Å². The minimum absolute atomic E-state index is 0. The van der Waals surface area contributed by atoms with Gasteiger partial charge < -0.3 is 34.4 Å². The van der Waals surface area contributed by atoms with Gasteiger partial charge in [0.05, 0.1) is 18.8 Å². The molecule has 0 saturated carbocycles. The first-order chi connectivity index (χ1) is 25.6. The smallest absolute Gasteiger partial charge is 1.00 e. The molecule has 3 nitrogen and oxygen atoms in total. The maximum Gasteiger partial charge on any atom is 2.00 e. The molecule has 6 aromatic carbocycles. The van der Waals surface area contributed by atoms with Gasteiger partial charge in [0.25, 0.3) is 0 Å². The molecule has 8 rings (SSSR count). The summed E-state index contributed by atoms with van der Waals surface area (Å²) in [5.41, 5.74) is 8.66. The van der Waals surface area contributed by atoms with Crippen molar-refractivity contribution < 1.29 is 34.4 Å². The molecule has 0 bridgehead atoms. The van der Waals surface area contributed by atoms with Crippen LogP contribution in [0.1, 0.15) is 55.4 Å². The molecule has 2 aliphatic heterocycles. The van der Waals surface area contributed by atoms with E-state index < -0.39 is 0 Å². The first kappa shape index (κ1) is 53.7. The maximum atomic E-state index is 9.60. The van der Waals surface area contributed by atoms with Crippen molar-refractivity contribution in [2.24, 2.45) is 0 Å². The molecular weight excluding hydrogens is 845 g/mol. The molecule has 2 heterocycles. The Labute approximate surface area is 391 Å². The van der Waals surface area contributed by atoms with Crippen molar-refractivity contribution in [1.82, 2.24) is 0 Å². The molecule has 7 heteroatoms. The summed E-state index contributed by atoms with van der Waals surface area (Å²) in [5, 5.41) is 9.60. The van der Waals surface area contributed by atoms with Crippen molar-refractivity contribution in [3.63, 3.8) is 0 Å².